The molecular weight excluding hydrogens is 313 g/mol. The van der Waals surface area contributed by atoms with Crippen molar-refractivity contribution >= 4 is 5.97 Å². The van der Waals surface area contributed by atoms with E-state index < -0.39 is 24.4 Å². The topological polar surface area (TPSA) is 75.2 Å². The van der Waals surface area contributed by atoms with Crippen molar-refractivity contribution in [2.45, 2.75) is 26.6 Å². The number of imidazole rings is 1. The number of nitrogens with one attached hydrogen (secondary N) is 1. The number of aliphatic hydroxyl groups excluding tert-OH is 1. The average Bonchev–Trinajstić information content (AvgIpc) is 2.91. The van der Waals surface area contributed by atoms with E-state index >= 15 is 0 Å². The Bertz CT molecular complexity index is 751. The van der Waals surface area contributed by atoms with Gasteiger partial charge in [0.2, 0.25) is 0 Å². The third kappa shape index (κ3) is 3.21. The molecule has 0 fully saturated rings. The third-order valence-electron chi connectivity index (χ3n) is 3.42. The fourth-order valence-corrected chi connectivity index (χ4v) is 2.33. The van der Waals surface area contributed by atoms with Gasteiger partial charge in [-0.3, -0.25) is 0 Å². The van der Waals surface area contributed by atoms with Gasteiger partial charge >= 0.3 is 12.1 Å². The zero-order chi connectivity index (χ0) is 17.4. The maximum absolute atomic E-state index is 13.2. The predicted octanol–water partition coefficient (Wildman–Crippen LogP) is 2.99. The van der Waals surface area contributed by atoms with Crippen LogP contribution in [0, 0.1) is 13.8 Å². The number of carbonyl (C=O) groups is 1. The largest absolute Gasteiger partial charge is 0.465 e. The highest BCUT2D eigenvalue weighted by Gasteiger charge is 2.37. The van der Waals surface area contributed by atoms with Crippen molar-refractivity contribution in [3.05, 3.63) is 40.3 Å². The number of esters is 1. The molecule has 0 saturated carbocycles. The average molecular weight is 328 g/mol. The number of hydrogen-bond acceptors (Lipinski definition) is 4. The number of H-pyrrole nitrogens is 1. The van der Waals surface area contributed by atoms with Crippen LogP contribution in [-0.4, -0.2) is 28.2 Å². The highest BCUT2D eigenvalue weighted by atomic mass is 19.4. The van der Waals surface area contributed by atoms with Gasteiger partial charge in [-0.15, -0.1) is 0 Å². The van der Waals surface area contributed by atoms with Crippen LogP contribution < -0.4 is 0 Å². The zero-order valence-electron chi connectivity index (χ0n) is 12.7. The van der Waals surface area contributed by atoms with Crippen LogP contribution in [0.2, 0.25) is 0 Å². The number of ether oxygens (including phenoxy) is 1. The van der Waals surface area contributed by atoms with Gasteiger partial charge in [0.15, 0.2) is 0 Å². The van der Waals surface area contributed by atoms with Crippen LogP contribution in [0.15, 0.2) is 12.1 Å². The number of aromatic amines is 1. The van der Waals surface area contributed by atoms with Gasteiger partial charge < -0.3 is 14.8 Å². The number of alkyl halides is 3. The number of aryl methyl sites for hydroxylation is 2. The van der Waals surface area contributed by atoms with E-state index in [4.69, 9.17) is 5.11 Å². The maximum Gasteiger partial charge on any atom is 0.433 e. The Kier molecular flexibility index (Phi) is 4.46. The Hall–Kier alpha value is -2.35. The summed E-state index contributed by atoms with van der Waals surface area (Å²) in [5.41, 5.74) is 0.00351. The Morgan fingerprint density at radius 1 is 1.30 bits per heavy atom. The second-order valence-electron chi connectivity index (χ2n) is 5.04. The number of benzene rings is 1. The first kappa shape index (κ1) is 17.0. The van der Waals surface area contributed by atoms with Crippen LogP contribution in [0.3, 0.4) is 0 Å². The summed E-state index contributed by atoms with van der Waals surface area (Å²) in [4.78, 5) is 17.6. The van der Waals surface area contributed by atoms with Gasteiger partial charge in [0, 0.05) is 5.56 Å². The van der Waals surface area contributed by atoms with E-state index in [1.165, 1.54) is 13.2 Å². The summed E-state index contributed by atoms with van der Waals surface area (Å²) in [6.45, 7) is 2.63. The molecule has 0 aliphatic rings. The van der Waals surface area contributed by atoms with Crippen molar-refractivity contribution < 1.29 is 27.8 Å². The minimum absolute atomic E-state index is 0.152. The van der Waals surface area contributed by atoms with Crippen LogP contribution in [0.5, 0.6) is 0 Å². The lowest BCUT2D eigenvalue weighted by molar-refractivity contribution is -0.140. The molecule has 1 aromatic heterocycles. The molecule has 0 amide bonds. The third-order valence-corrected chi connectivity index (χ3v) is 3.42. The van der Waals surface area contributed by atoms with Gasteiger partial charge in [-0.1, -0.05) is 6.07 Å². The van der Waals surface area contributed by atoms with Crippen molar-refractivity contribution in [1.29, 1.82) is 0 Å². The summed E-state index contributed by atoms with van der Waals surface area (Å²) >= 11 is 0. The molecule has 23 heavy (non-hydrogen) atoms. The number of aliphatic hydroxyl groups is 1. The first-order valence-corrected chi connectivity index (χ1v) is 6.66. The number of nitrogens with zero attached hydrogens (tertiary/aromatic N) is 1. The first-order chi connectivity index (χ1) is 10.7. The lowest BCUT2D eigenvalue weighted by Crippen LogP contribution is -2.09. The quantitative estimate of drug-likeness (QED) is 0.850. The van der Waals surface area contributed by atoms with Gasteiger partial charge in [-0.05, 0) is 31.0 Å². The number of hydrogen-bond donors (Lipinski definition) is 2. The maximum atomic E-state index is 13.2. The lowest BCUT2D eigenvalue weighted by Gasteiger charge is -2.12. The van der Waals surface area contributed by atoms with E-state index in [1.807, 2.05) is 0 Å². The Morgan fingerprint density at radius 2 is 1.96 bits per heavy atom. The zero-order valence-corrected chi connectivity index (χ0v) is 12.7. The molecule has 0 aliphatic carbocycles. The molecule has 0 spiro atoms. The smallest absolute Gasteiger partial charge is 0.433 e. The molecule has 1 heterocycles. The Morgan fingerprint density at radius 3 is 2.48 bits per heavy atom. The number of halogens is 3. The molecule has 5 nitrogen and oxygen atoms in total. The van der Waals surface area contributed by atoms with Crippen molar-refractivity contribution in [2.75, 3.05) is 7.11 Å². The van der Waals surface area contributed by atoms with Crippen LogP contribution in [-0.2, 0) is 17.5 Å². The number of aromatic nitrogens is 2. The minimum atomic E-state index is -4.67. The van der Waals surface area contributed by atoms with E-state index in [2.05, 4.69) is 14.7 Å². The highest BCUT2D eigenvalue weighted by molar-refractivity contribution is 5.93. The van der Waals surface area contributed by atoms with Gasteiger partial charge in [0.1, 0.15) is 23.8 Å². The molecule has 0 radical (unpaired) electrons. The molecular formula is C15H15F3N2O3. The number of rotatable bonds is 3. The van der Waals surface area contributed by atoms with Gasteiger partial charge in [0.25, 0.3) is 0 Å². The normalized spacial score (nSPS) is 11.6. The van der Waals surface area contributed by atoms with Crippen molar-refractivity contribution in [3.63, 3.8) is 0 Å². The predicted molar refractivity (Wildman–Crippen MR) is 75.8 cm³/mol. The highest BCUT2D eigenvalue weighted by Crippen LogP contribution is 2.37. The molecule has 0 bridgehead atoms. The summed E-state index contributed by atoms with van der Waals surface area (Å²) in [5, 5.41) is 9.05. The number of methoxy groups -OCH3 is 1. The Balaban J connectivity index is 2.71. The molecule has 0 atom stereocenters. The van der Waals surface area contributed by atoms with Gasteiger partial charge in [-0.2, -0.15) is 13.2 Å². The van der Waals surface area contributed by atoms with Crippen LogP contribution in [0.4, 0.5) is 13.2 Å². The fraction of sp³-hybridized carbons (Fsp3) is 0.333. The summed E-state index contributed by atoms with van der Waals surface area (Å²) in [6, 6.07) is 2.91. The van der Waals surface area contributed by atoms with Crippen LogP contribution >= 0.6 is 0 Å². The summed E-state index contributed by atoms with van der Waals surface area (Å²) in [5.74, 6) is -0.845. The summed E-state index contributed by atoms with van der Waals surface area (Å²) < 4.78 is 44.2. The van der Waals surface area contributed by atoms with Crippen molar-refractivity contribution in [3.8, 4) is 11.3 Å². The molecule has 2 rings (SSSR count). The number of carbonyl (C=O) groups excluding carboxylic acids is 1. The molecule has 0 saturated heterocycles. The monoisotopic (exact) mass is 328 g/mol. The molecule has 2 N–H and O–H groups in total. The van der Waals surface area contributed by atoms with Crippen molar-refractivity contribution in [1.82, 2.24) is 9.97 Å². The van der Waals surface area contributed by atoms with Crippen LogP contribution in [0.25, 0.3) is 11.3 Å². The second-order valence-corrected chi connectivity index (χ2v) is 5.04. The van der Waals surface area contributed by atoms with E-state index in [9.17, 15) is 18.0 Å². The summed E-state index contributed by atoms with van der Waals surface area (Å²) in [7, 11) is 1.20. The standard InChI is InChI=1S/C15H15F3N2O3/c1-7-4-8(2)10(14(22)23-3)5-9(7)12-13(15(16,17)18)20-11(6-21)19-12/h4-5,21H,6H2,1-3H3,(H,19,20). The second kappa shape index (κ2) is 6.04. The SMILES string of the molecule is COC(=O)c1cc(-c2nc(CO)[nH]c2C(F)(F)F)c(C)cc1C. The van der Waals surface area contributed by atoms with E-state index in [0.717, 1.165) is 0 Å². The molecule has 0 aliphatic heterocycles. The van der Waals surface area contributed by atoms with Crippen LogP contribution in [0.1, 0.15) is 33.0 Å². The molecule has 0 unspecified atom stereocenters. The molecule has 124 valence electrons. The van der Waals surface area contributed by atoms with Crippen molar-refractivity contribution in [2.24, 2.45) is 0 Å². The fourth-order valence-electron chi connectivity index (χ4n) is 2.33. The van der Waals surface area contributed by atoms with E-state index in [1.54, 1.807) is 19.9 Å². The molecule has 8 heteroatoms. The minimum Gasteiger partial charge on any atom is -0.465 e. The van der Waals surface area contributed by atoms with E-state index in [0.29, 0.717) is 11.1 Å². The summed E-state index contributed by atoms with van der Waals surface area (Å²) in [6.07, 6.45) is -4.67. The molecule has 2 aromatic rings. The molecule has 1 aromatic carbocycles. The van der Waals surface area contributed by atoms with E-state index in [-0.39, 0.29) is 22.6 Å². The van der Waals surface area contributed by atoms with Gasteiger partial charge in [0.05, 0.1) is 12.7 Å². The Labute approximate surface area is 130 Å². The van der Waals surface area contributed by atoms with Gasteiger partial charge in [-0.25, -0.2) is 9.78 Å². The lowest BCUT2D eigenvalue weighted by atomic mass is 9.97. The first-order valence-electron chi connectivity index (χ1n) is 6.66.